The fraction of sp³-hybridized carbons (Fsp3) is 0. The topological polar surface area (TPSA) is 56.0 Å². The molecule has 0 aliphatic carbocycles. The molecule has 0 spiro atoms. The van der Waals surface area contributed by atoms with E-state index < -0.39 is 4.92 Å². The molecule has 0 bridgehead atoms. The second-order valence-electron chi connectivity index (χ2n) is 1.39. The smallest absolute Gasteiger partial charge is 0.258 e. The van der Waals surface area contributed by atoms with Crippen molar-refractivity contribution in [1.29, 1.82) is 0 Å². The number of hydrogen-bond donors (Lipinski definition) is 0. The van der Waals surface area contributed by atoms with Crippen molar-refractivity contribution >= 4 is 5.69 Å². The van der Waals surface area contributed by atoms with Crippen LogP contribution in [-0.2, 0) is 0 Å². The van der Waals surface area contributed by atoms with Gasteiger partial charge in [0.2, 0.25) is 0 Å². The Hall–Kier alpha value is -1.45. The monoisotopic (exact) mass is 123 g/mol. The Kier molecular flexibility index (Phi) is 1.40. The van der Waals surface area contributed by atoms with Gasteiger partial charge in [-0.2, -0.15) is 0 Å². The number of pyridine rings is 1. The van der Waals surface area contributed by atoms with Gasteiger partial charge in [-0.25, -0.2) is 4.98 Å². The van der Waals surface area contributed by atoms with E-state index in [9.17, 15) is 10.1 Å². The Morgan fingerprint density at radius 3 is 2.89 bits per heavy atom. The second-order valence-corrected chi connectivity index (χ2v) is 1.39. The van der Waals surface area contributed by atoms with Gasteiger partial charge in [0.1, 0.15) is 0 Å². The molecule has 0 aromatic carbocycles. The average Bonchev–Trinajstić information content (AvgIpc) is 1.90. The molecule has 0 fully saturated rings. The first-order chi connectivity index (χ1) is 4.30. The maximum atomic E-state index is 9.94. The molecule has 0 unspecified atom stereocenters. The van der Waals surface area contributed by atoms with Crippen LogP contribution in [0.2, 0.25) is 0 Å². The predicted octanol–water partition coefficient (Wildman–Crippen LogP) is 0.790. The predicted molar refractivity (Wildman–Crippen MR) is 29.7 cm³/mol. The SMILES string of the molecule is O=[N+]([O-])c1[c]nccc1. The van der Waals surface area contributed by atoms with E-state index in [-0.39, 0.29) is 5.69 Å². The van der Waals surface area contributed by atoms with Crippen LogP contribution in [0.5, 0.6) is 0 Å². The van der Waals surface area contributed by atoms with Crippen molar-refractivity contribution in [3.8, 4) is 0 Å². The van der Waals surface area contributed by atoms with Gasteiger partial charge in [-0.05, 0) is 6.07 Å². The minimum absolute atomic E-state index is 0.0995. The van der Waals surface area contributed by atoms with E-state index in [0.717, 1.165) is 0 Å². The van der Waals surface area contributed by atoms with Crippen LogP contribution in [0.3, 0.4) is 0 Å². The van der Waals surface area contributed by atoms with Crippen molar-refractivity contribution in [1.82, 2.24) is 4.98 Å². The molecule has 4 heteroatoms. The molecule has 0 amide bonds. The maximum absolute atomic E-state index is 9.94. The normalized spacial score (nSPS) is 8.89. The summed E-state index contributed by atoms with van der Waals surface area (Å²) in [5.41, 5.74) is -0.0995. The molecular weight excluding hydrogens is 120 g/mol. The van der Waals surface area contributed by atoms with Gasteiger partial charge in [-0.1, -0.05) is 0 Å². The highest BCUT2D eigenvalue weighted by atomic mass is 16.6. The van der Waals surface area contributed by atoms with Crippen molar-refractivity contribution in [3.63, 3.8) is 0 Å². The van der Waals surface area contributed by atoms with Gasteiger partial charge in [0.05, 0.1) is 4.92 Å². The van der Waals surface area contributed by atoms with Gasteiger partial charge in [0, 0.05) is 12.3 Å². The molecule has 45 valence electrons. The van der Waals surface area contributed by atoms with Crippen molar-refractivity contribution in [2.45, 2.75) is 0 Å². The first-order valence-corrected chi connectivity index (χ1v) is 2.28. The number of nitrogens with zero attached hydrogens (tertiary/aromatic N) is 2. The molecule has 0 saturated heterocycles. The minimum Gasteiger partial charge on any atom is -0.258 e. The van der Waals surface area contributed by atoms with Crippen LogP contribution in [0.1, 0.15) is 0 Å². The lowest BCUT2D eigenvalue weighted by Gasteiger charge is -1.83. The zero-order chi connectivity index (χ0) is 6.69. The van der Waals surface area contributed by atoms with Crippen LogP contribution in [-0.4, -0.2) is 9.91 Å². The summed E-state index contributed by atoms with van der Waals surface area (Å²) < 4.78 is 0. The molecule has 1 aromatic heterocycles. The molecule has 1 radical (unpaired) electrons. The van der Waals surface area contributed by atoms with E-state index in [0.29, 0.717) is 0 Å². The fourth-order valence-electron chi connectivity index (χ4n) is 0.420. The third-order valence-corrected chi connectivity index (χ3v) is 0.790. The highest BCUT2D eigenvalue weighted by Gasteiger charge is 2.01. The fourth-order valence-corrected chi connectivity index (χ4v) is 0.420. The molecule has 0 aliphatic heterocycles. The Labute approximate surface area is 51.3 Å². The summed E-state index contributed by atoms with van der Waals surface area (Å²) >= 11 is 0. The molecule has 1 aromatic rings. The molecule has 0 saturated carbocycles. The number of aromatic nitrogens is 1. The molecule has 9 heavy (non-hydrogen) atoms. The lowest BCUT2D eigenvalue weighted by Crippen LogP contribution is -1.87. The molecule has 1 heterocycles. The largest absolute Gasteiger partial charge is 0.297 e. The van der Waals surface area contributed by atoms with Crippen molar-refractivity contribution in [2.24, 2.45) is 0 Å². The standard InChI is InChI=1S/C5H3N2O2/c8-7(9)5-2-1-3-6-4-5/h1-3H. The summed E-state index contributed by atoms with van der Waals surface area (Å²) in [6.45, 7) is 0. The van der Waals surface area contributed by atoms with E-state index in [4.69, 9.17) is 0 Å². The van der Waals surface area contributed by atoms with E-state index in [2.05, 4.69) is 11.2 Å². The number of nitro groups is 1. The van der Waals surface area contributed by atoms with Crippen LogP contribution < -0.4 is 0 Å². The van der Waals surface area contributed by atoms with Crippen LogP contribution in [0.25, 0.3) is 0 Å². The Bertz CT molecular complexity index is 209. The van der Waals surface area contributed by atoms with Crippen molar-refractivity contribution in [3.05, 3.63) is 34.6 Å². The third-order valence-electron chi connectivity index (χ3n) is 0.790. The maximum Gasteiger partial charge on any atom is 0.297 e. The summed E-state index contributed by atoms with van der Waals surface area (Å²) in [7, 11) is 0. The van der Waals surface area contributed by atoms with Gasteiger partial charge in [0.15, 0.2) is 6.20 Å². The lowest BCUT2D eigenvalue weighted by molar-refractivity contribution is -0.385. The van der Waals surface area contributed by atoms with Crippen molar-refractivity contribution < 1.29 is 4.92 Å². The molecule has 0 atom stereocenters. The van der Waals surface area contributed by atoms with Gasteiger partial charge in [-0.3, -0.25) is 10.1 Å². The van der Waals surface area contributed by atoms with E-state index in [1.807, 2.05) is 0 Å². The summed E-state index contributed by atoms with van der Waals surface area (Å²) in [5, 5.41) is 9.94. The lowest BCUT2D eigenvalue weighted by atomic mass is 10.4. The first-order valence-electron chi connectivity index (χ1n) is 2.28. The summed E-state index contributed by atoms with van der Waals surface area (Å²) in [5.74, 6) is 0. The number of rotatable bonds is 1. The van der Waals surface area contributed by atoms with Crippen LogP contribution in [0.4, 0.5) is 5.69 Å². The van der Waals surface area contributed by atoms with Crippen LogP contribution in [0, 0.1) is 16.3 Å². The Balaban J connectivity index is 2.98. The first kappa shape index (κ1) is 5.68. The molecule has 0 N–H and O–H groups in total. The molecule has 0 aliphatic rings. The summed E-state index contributed by atoms with van der Waals surface area (Å²) in [6, 6.07) is 2.83. The quantitative estimate of drug-likeness (QED) is 0.409. The van der Waals surface area contributed by atoms with Gasteiger partial charge < -0.3 is 0 Å². The number of hydrogen-bond acceptors (Lipinski definition) is 3. The van der Waals surface area contributed by atoms with Crippen LogP contribution in [0.15, 0.2) is 18.3 Å². The molecule has 4 nitrogen and oxygen atoms in total. The Morgan fingerprint density at radius 2 is 2.56 bits per heavy atom. The van der Waals surface area contributed by atoms with E-state index in [1.165, 1.54) is 18.3 Å². The summed E-state index contributed by atoms with van der Waals surface area (Å²) in [4.78, 5) is 12.8. The highest BCUT2D eigenvalue weighted by Crippen LogP contribution is 2.03. The summed E-state index contributed by atoms with van der Waals surface area (Å²) in [6.07, 6.45) is 3.66. The molecule has 1 rings (SSSR count). The van der Waals surface area contributed by atoms with Crippen molar-refractivity contribution in [2.75, 3.05) is 0 Å². The average molecular weight is 123 g/mol. The zero-order valence-electron chi connectivity index (χ0n) is 4.44. The van der Waals surface area contributed by atoms with Gasteiger partial charge in [-0.15, -0.1) is 0 Å². The van der Waals surface area contributed by atoms with Gasteiger partial charge >= 0.3 is 0 Å². The zero-order valence-corrected chi connectivity index (χ0v) is 4.44. The Morgan fingerprint density at radius 1 is 1.78 bits per heavy atom. The third kappa shape index (κ3) is 1.22. The van der Waals surface area contributed by atoms with E-state index >= 15 is 0 Å². The van der Waals surface area contributed by atoms with E-state index in [1.54, 1.807) is 0 Å². The minimum atomic E-state index is -0.535. The second kappa shape index (κ2) is 2.21. The highest BCUT2D eigenvalue weighted by molar-refractivity contribution is 5.21. The molecular formula is C5H3N2O2. The van der Waals surface area contributed by atoms with Gasteiger partial charge in [0.25, 0.3) is 5.69 Å². The van der Waals surface area contributed by atoms with Crippen LogP contribution >= 0.6 is 0 Å².